The zero-order valence-corrected chi connectivity index (χ0v) is 13.0. The third-order valence-corrected chi connectivity index (χ3v) is 4.31. The van der Waals surface area contributed by atoms with Crippen molar-refractivity contribution in [2.24, 2.45) is 0 Å². The second-order valence-electron chi connectivity index (χ2n) is 5.23. The summed E-state index contributed by atoms with van der Waals surface area (Å²) in [6.45, 7) is 1.42. The van der Waals surface area contributed by atoms with Crippen molar-refractivity contribution in [3.8, 4) is 16.7 Å². The summed E-state index contributed by atoms with van der Waals surface area (Å²) < 4.78 is 16.2. The molecule has 0 spiro atoms. The molecule has 1 aromatic heterocycles. The molecule has 0 radical (unpaired) electrons. The number of aromatic nitrogens is 1. The molecule has 0 bridgehead atoms. The van der Waals surface area contributed by atoms with Gasteiger partial charge in [-0.3, -0.25) is 4.79 Å². The van der Waals surface area contributed by atoms with Crippen molar-refractivity contribution in [3.05, 3.63) is 41.4 Å². The van der Waals surface area contributed by atoms with Crippen LogP contribution in [0.1, 0.15) is 5.56 Å². The highest BCUT2D eigenvalue weighted by Gasteiger charge is 2.31. The average Bonchev–Trinajstić information content (AvgIpc) is 3.18. The topological polar surface area (TPSA) is 60.9 Å². The molecule has 0 N–H and O–H groups in total. The van der Waals surface area contributed by atoms with Gasteiger partial charge in [0.2, 0.25) is 12.7 Å². The van der Waals surface area contributed by atoms with Gasteiger partial charge in [-0.1, -0.05) is 17.4 Å². The number of ether oxygens (including phenoxy) is 3. The van der Waals surface area contributed by atoms with Gasteiger partial charge in [0.15, 0.2) is 11.5 Å². The fraction of sp³-hybridized carbons (Fsp3) is 0.250. The maximum Gasteiger partial charge on any atom is 0.273 e. The van der Waals surface area contributed by atoms with Crippen LogP contribution in [0.25, 0.3) is 6.08 Å². The second-order valence-corrected chi connectivity index (χ2v) is 6.08. The van der Waals surface area contributed by atoms with E-state index in [0.717, 1.165) is 11.3 Å². The maximum atomic E-state index is 12.1. The van der Waals surface area contributed by atoms with Crippen molar-refractivity contribution in [3.63, 3.8) is 0 Å². The van der Waals surface area contributed by atoms with E-state index in [9.17, 15) is 4.79 Å². The molecule has 118 valence electrons. The molecule has 1 aromatic carbocycles. The van der Waals surface area contributed by atoms with Crippen molar-refractivity contribution < 1.29 is 19.0 Å². The van der Waals surface area contributed by atoms with Crippen LogP contribution in [0.5, 0.6) is 16.7 Å². The van der Waals surface area contributed by atoms with E-state index in [4.69, 9.17) is 14.2 Å². The van der Waals surface area contributed by atoms with Gasteiger partial charge in [0.05, 0.1) is 13.1 Å². The Morgan fingerprint density at radius 1 is 1.35 bits per heavy atom. The summed E-state index contributed by atoms with van der Waals surface area (Å²) >= 11 is 1.45. The second kappa shape index (κ2) is 5.92. The lowest BCUT2D eigenvalue weighted by Gasteiger charge is -2.37. The standard InChI is InChI=1S/C16H14N2O4S/c19-15(18-8-12(9-18)22-16-17-5-6-23-16)4-2-11-1-3-13-14(7-11)21-10-20-13/h1-7,12H,8-10H2. The van der Waals surface area contributed by atoms with Crippen LogP contribution >= 0.6 is 11.3 Å². The number of benzene rings is 1. The van der Waals surface area contributed by atoms with E-state index in [1.807, 2.05) is 23.6 Å². The molecule has 0 atom stereocenters. The number of carbonyl (C=O) groups is 1. The molecule has 2 aromatic rings. The molecule has 3 heterocycles. The largest absolute Gasteiger partial charge is 0.463 e. The first-order chi connectivity index (χ1) is 11.3. The number of thiazole rings is 1. The number of nitrogens with zero attached hydrogens (tertiary/aromatic N) is 2. The Morgan fingerprint density at radius 3 is 3.04 bits per heavy atom. The van der Waals surface area contributed by atoms with Gasteiger partial charge in [0.1, 0.15) is 6.10 Å². The minimum absolute atomic E-state index is 0.0262. The van der Waals surface area contributed by atoms with Gasteiger partial charge in [0.25, 0.3) is 5.19 Å². The van der Waals surface area contributed by atoms with E-state index >= 15 is 0 Å². The lowest BCUT2D eigenvalue weighted by molar-refractivity contribution is -0.134. The Kier molecular flexibility index (Phi) is 3.63. The van der Waals surface area contributed by atoms with E-state index in [2.05, 4.69) is 4.98 Å². The van der Waals surface area contributed by atoms with E-state index in [0.29, 0.717) is 24.0 Å². The number of carbonyl (C=O) groups excluding carboxylic acids is 1. The Morgan fingerprint density at radius 2 is 2.22 bits per heavy atom. The van der Waals surface area contributed by atoms with Gasteiger partial charge in [0, 0.05) is 17.7 Å². The normalized spacial score (nSPS) is 16.6. The minimum atomic E-state index is -0.0262. The predicted octanol–water partition coefficient (Wildman–Crippen LogP) is 2.17. The Hall–Kier alpha value is -2.54. The van der Waals surface area contributed by atoms with E-state index < -0.39 is 0 Å². The van der Waals surface area contributed by atoms with Gasteiger partial charge in [-0.2, -0.15) is 0 Å². The molecule has 1 fully saturated rings. The highest BCUT2D eigenvalue weighted by molar-refractivity contribution is 7.11. The van der Waals surface area contributed by atoms with E-state index in [-0.39, 0.29) is 18.8 Å². The van der Waals surface area contributed by atoms with Crippen LogP contribution in [0.2, 0.25) is 0 Å². The van der Waals surface area contributed by atoms with Crippen molar-refractivity contribution in [1.29, 1.82) is 0 Å². The SMILES string of the molecule is O=C(C=Cc1ccc2c(c1)OCO2)N1CC(Oc2nccs2)C1. The minimum Gasteiger partial charge on any atom is -0.463 e. The zero-order valence-electron chi connectivity index (χ0n) is 12.2. The number of hydrogen-bond acceptors (Lipinski definition) is 6. The van der Waals surface area contributed by atoms with Crippen molar-refractivity contribution in [2.75, 3.05) is 19.9 Å². The first-order valence-corrected chi connectivity index (χ1v) is 8.09. The highest BCUT2D eigenvalue weighted by atomic mass is 32.1. The van der Waals surface area contributed by atoms with E-state index in [1.54, 1.807) is 23.2 Å². The molecule has 2 aliphatic heterocycles. The number of amides is 1. The van der Waals surface area contributed by atoms with Gasteiger partial charge in [-0.05, 0) is 23.8 Å². The maximum absolute atomic E-state index is 12.1. The fourth-order valence-corrected chi connectivity index (χ4v) is 2.94. The average molecular weight is 330 g/mol. The number of fused-ring (bicyclic) bond motifs is 1. The molecule has 1 saturated heterocycles. The van der Waals surface area contributed by atoms with Gasteiger partial charge >= 0.3 is 0 Å². The number of rotatable bonds is 4. The molecule has 23 heavy (non-hydrogen) atoms. The van der Waals surface area contributed by atoms with Crippen LogP contribution < -0.4 is 14.2 Å². The molecule has 0 unspecified atom stereocenters. The summed E-state index contributed by atoms with van der Waals surface area (Å²) in [5.74, 6) is 1.42. The van der Waals surface area contributed by atoms with Crippen LogP contribution in [-0.4, -0.2) is 41.8 Å². The summed E-state index contributed by atoms with van der Waals surface area (Å²) in [5.41, 5.74) is 0.902. The summed E-state index contributed by atoms with van der Waals surface area (Å²) in [7, 11) is 0. The van der Waals surface area contributed by atoms with Gasteiger partial charge in [-0.25, -0.2) is 4.98 Å². The molecule has 2 aliphatic rings. The molecule has 6 nitrogen and oxygen atoms in total. The van der Waals surface area contributed by atoms with E-state index in [1.165, 1.54) is 11.3 Å². The third kappa shape index (κ3) is 3.00. The third-order valence-electron chi connectivity index (χ3n) is 3.65. The molecule has 0 saturated carbocycles. The van der Waals surface area contributed by atoms with Gasteiger partial charge in [-0.15, -0.1) is 0 Å². The molecular formula is C16H14N2O4S. The Bertz CT molecular complexity index is 739. The molecule has 1 amide bonds. The summed E-state index contributed by atoms with van der Waals surface area (Å²) in [6, 6.07) is 5.59. The summed E-state index contributed by atoms with van der Waals surface area (Å²) in [6.07, 6.45) is 5.08. The quantitative estimate of drug-likeness (QED) is 0.804. The van der Waals surface area contributed by atoms with Crippen LogP contribution in [0.3, 0.4) is 0 Å². The monoisotopic (exact) mass is 330 g/mol. The van der Waals surface area contributed by atoms with Crippen molar-refractivity contribution in [2.45, 2.75) is 6.10 Å². The van der Waals surface area contributed by atoms with Crippen molar-refractivity contribution in [1.82, 2.24) is 9.88 Å². The van der Waals surface area contributed by atoms with Gasteiger partial charge < -0.3 is 19.1 Å². The summed E-state index contributed by atoms with van der Waals surface area (Å²) in [5, 5.41) is 2.52. The molecule has 0 aliphatic carbocycles. The lowest BCUT2D eigenvalue weighted by atomic mass is 10.1. The zero-order chi connectivity index (χ0) is 15.6. The number of hydrogen-bond donors (Lipinski definition) is 0. The molecule has 4 rings (SSSR count). The first-order valence-electron chi connectivity index (χ1n) is 7.21. The van der Waals surface area contributed by atoms with Crippen LogP contribution in [0, 0.1) is 0 Å². The van der Waals surface area contributed by atoms with Crippen molar-refractivity contribution >= 4 is 23.3 Å². The first kappa shape index (κ1) is 14.1. The van der Waals surface area contributed by atoms with Crippen LogP contribution in [-0.2, 0) is 4.79 Å². The molecular weight excluding hydrogens is 316 g/mol. The smallest absolute Gasteiger partial charge is 0.273 e. The Balaban J connectivity index is 1.30. The summed E-state index contributed by atoms with van der Waals surface area (Å²) in [4.78, 5) is 17.9. The number of likely N-dealkylation sites (tertiary alicyclic amines) is 1. The van der Waals surface area contributed by atoms with Crippen LogP contribution in [0.15, 0.2) is 35.9 Å². The van der Waals surface area contributed by atoms with Crippen LogP contribution in [0.4, 0.5) is 0 Å². The highest BCUT2D eigenvalue weighted by Crippen LogP contribution is 2.32. The fourth-order valence-electron chi connectivity index (χ4n) is 2.39. The predicted molar refractivity (Wildman–Crippen MR) is 84.7 cm³/mol. The Labute approximate surface area is 136 Å². The lowest BCUT2D eigenvalue weighted by Crippen LogP contribution is -2.55. The molecule has 7 heteroatoms.